The first kappa shape index (κ1) is 38.3. The zero-order valence-corrected chi connectivity index (χ0v) is 32.6. The third-order valence-electron chi connectivity index (χ3n) is 10.2. The summed E-state index contributed by atoms with van der Waals surface area (Å²) < 4.78 is 17.1. The van der Waals surface area contributed by atoms with E-state index in [0.717, 1.165) is 18.9 Å². The molecule has 0 spiro atoms. The number of β-lactam (4-membered cyclic amide) rings is 1. The SMILES string of the molecule is C[C@@H](O)[C@H]1C(=O)N2C(C(=O)[O-])=C(S[C@@H]3CN[C@H](C(=O)N4CCN(c5cc6c(cc5F)c(=O)c(C(=O)[O-])cn6C5CC5)CC4)C3)[C@H](C)[C@H]12.[Na+].[Na+]. The van der Waals surface area contributed by atoms with Gasteiger partial charge >= 0.3 is 59.1 Å². The van der Waals surface area contributed by atoms with Crippen LogP contribution in [0.5, 0.6) is 0 Å². The Kier molecular flexibility index (Phi) is 11.4. The van der Waals surface area contributed by atoms with Crippen molar-refractivity contribution < 1.29 is 98.0 Å². The van der Waals surface area contributed by atoms with Gasteiger partial charge in [0.05, 0.1) is 58.5 Å². The fraction of sp³-hybridized carbons (Fsp3) is 0.531. The predicted octanol–water partition coefficient (Wildman–Crippen LogP) is -7.22. The fourth-order valence-corrected chi connectivity index (χ4v) is 9.09. The predicted molar refractivity (Wildman–Crippen MR) is 164 cm³/mol. The van der Waals surface area contributed by atoms with Crippen LogP contribution in [0.4, 0.5) is 10.1 Å². The maximum atomic E-state index is 15.4. The third-order valence-corrected chi connectivity index (χ3v) is 11.7. The van der Waals surface area contributed by atoms with Crippen molar-refractivity contribution in [1.82, 2.24) is 19.7 Å². The normalized spacial score (nSPS) is 27.0. The number of halogens is 1. The number of anilines is 1. The molecule has 1 aromatic heterocycles. The van der Waals surface area contributed by atoms with E-state index >= 15 is 4.39 Å². The summed E-state index contributed by atoms with van der Waals surface area (Å²) in [6.07, 6.45) is 2.48. The van der Waals surface area contributed by atoms with Gasteiger partial charge in [0.25, 0.3) is 0 Å². The number of carboxylic acid groups (broad SMARTS) is 2. The number of amides is 2. The van der Waals surface area contributed by atoms with Gasteiger partial charge in [0.1, 0.15) is 5.82 Å². The average molecular weight is 714 g/mol. The molecule has 3 saturated heterocycles. The van der Waals surface area contributed by atoms with Crippen LogP contribution in [0.1, 0.15) is 49.5 Å². The molecule has 1 aromatic carbocycles. The van der Waals surface area contributed by atoms with Gasteiger partial charge in [-0.25, -0.2) is 4.39 Å². The summed E-state index contributed by atoms with van der Waals surface area (Å²) in [5.41, 5.74) is -0.688. The standard InChI is InChI=1S/C32H36FN5O8S.2Na/c1-14-25-24(15(2)39)30(42)38(25)26(32(45)46)28(14)47-17-9-21(34-12-17)29(41)36-7-5-35(6-8-36)23-11-22-18(10-20(23)33)27(40)19(31(43)44)13-37(22)16-3-4-16;;/h10-11,13-17,21,24-25,34,39H,3-9,12H2,1-2H3,(H,43,44)(H,45,46);;/q;2*+1/p-2/t14-,15-,17+,21+,24-,25-;;/m1../s1. The Morgan fingerprint density at radius 2 is 1.73 bits per heavy atom. The van der Waals surface area contributed by atoms with Crippen LogP contribution in [0.3, 0.4) is 0 Å². The second kappa shape index (κ2) is 14.6. The van der Waals surface area contributed by atoms with Crippen LogP contribution in [0.15, 0.2) is 33.7 Å². The molecule has 7 rings (SSSR count). The summed E-state index contributed by atoms with van der Waals surface area (Å²) in [6, 6.07) is 1.78. The van der Waals surface area contributed by atoms with Gasteiger partial charge in [-0.15, -0.1) is 11.8 Å². The van der Waals surface area contributed by atoms with Gasteiger partial charge in [-0.3, -0.25) is 14.4 Å². The number of aromatic carboxylic acids is 1. The molecule has 1 saturated carbocycles. The first-order valence-corrected chi connectivity index (χ1v) is 16.8. The molecule has 6 atom stereocenters. The van der Waals surface area contributed by atoms with E-state index in [1.165, 1.54) is 29.8 Å². The molecule has 4 aliphatic heterocycles. The van der Waals surface area contributed by atoms with Crippen molar-refractivity contribution in [3.05, 3.63) is 50.5 Å². The molecular formula is C32H34FN5Na2O8S. The van der Waals surface area contributed by atoms with Gasteiger partial charge < -0.3 is 49.5 Å². The number of thioether (sulfide) groups is 1. The molecule has 0 radical (unpaired) electrons. The Balaban J connectivity index is 0.00000234. The van der Waals surface area contributed by atoms with Gasteiger partial charge in [0.15, 0.2) is 5.43 Å². The minimum absolute atomic E-state index is 0. The summed E-state index contributed by atoms with van der Waals surface area (Å²) in [6.45, 7) is 5.19. The number of piperazine rings is 1. The largest absolute Gasteiger partial charge is 1.00 e. The molecule has 250 valence electrons. The number of carbonyl (C=O) groups excluding carboxylic acids is 4. The number of fused-ring (bicyclic) bond motifs is 2. The van der Waals surface area contributed by atoms with Crippen molar-refractivity contribution in [3.8, 4) is 0 Å². The minimum atomic E-state index is -1.60. The molecule has 4 fully saturated rings. The quantitative estimate of drug-likeness (QED) is 0.196. The Morgan fingerprint density at radius 3 is 2.33 bits per heavy atom. The fourth-order valence-electron chi connectivity index (χ4n) is 7.62. The summed E-state index contributed by atoms with van der Waals surface area (Å²) in [7, 11) is 0. The Bertz CT molecular complexity index is 1810. The topological polar surface area (TPSA) is 178 Å². The number of carbonyl (C=O) groups is 4. The number of aliphatic carboxylic acids is 1. The number of aliphatic hydroxyl groups excluding tert-OH is 1. The zero-order chi connectivity index (χ0) is 33.5. The number of carboxylic acids is 2. The van der Waals surface area contributed by atoms with Crippen molar-refractivity contribution in [2.24, 2.45) is 11.8 Å². The molecule has 5 heterocycles. The van der Waals surface area contributed by atoms with E-state index in [9.17, 15) is 39.3 Å². The number of aliphatic hydroxyl groups is 1. The molecule has 49 heavy (non-hydrogen) atoms. The number of nitrogens with one attached hydrogen (secondary N) is 1. The maximum absolute atomic E-state index is 15.4. The summed E-state index contributed by atoms with van der Waals surface area (Å²) in [5.74, 6) is -5.17. The molecule has 17 heteroatoms. The zero-order valence-electron chi connectivity index (χ0n) is 27.8. The number of hydrogen-bond donors (Lipinski definition) is 2. The minimum Gasteiger partial charge on any atom is -0.545 e. The van der Waals surface area contributed by atoms with Crippen LogP contribution >= 0.6 is 11.8 Å². The van der Waals surface area contributed by atoms with Crippen molar-refractivity contribution in [2.45, 2.75) is 62.6 Å². The number of benzene rings is 1. The molecule has 0 unspecified atom stereocenters. The average Bonchev–Trinajstić information content (AvgIpc) is 3.71. The van der Waals surface area contributed by atoms with Gasteiger partial charge in [-0.2, -0.15) is 0 Å². The van der Waals surface area contributed by atoms with Crippen LogP contribution in [-0.2, 0) is 14.4 Å². The van der Waals surface area contributed by atoms with Crippen LogP contribution in [0, 0.1) is 17.7 Å². The number of nitrogens with zero attached hydrogens (tertiary/aromatic N) is 4. The molecule has 13 nitrogen and oxygen atoms in total. The molecule has 5 aliphatic rings. The Labute approximate surface area is 329 Å². The number of hydrogen-bond acceptors (Lipinski definition) is 11. The number of pyridine rings is 1. The van der Waals surface area contributed by atoms with E-state index in [1.54, 1.807) is 15.5 Å². The van der Waals surface area contributed by atoms with E-state index in [-0.39, 0.29) is 99.0 Å². The number of aromatic nitrogens is 1. The van der Waals surface area contributed by atoms with Crippen molar-refractivity contribution in [1.29, 1.82) is 0 Å². The van der Waals surface area contributed by atoms with Crippen LogP contribution < -0.4 is 85.0 Å². The van der Waals surface area contributed by atoms with Gasteiger partial charge in [0.2, 0.25) is 11.8 Å². The van der Waals surface area contributed by atoms with Gasteiger partial charge in [-0.1, -0.05) is 6.92 Å². The first-order valence-electron chi connectivity index (χ1n) is 15.9. The van der Waals surface area contributed by atoms with E-state index in [1.807, 2.05) is 11.8 Å². The summed E-state index contributed by atoms with van der Waals surface area (Å²) >= 11 is 1.34. The van der Waals surface area contributed by atoms with Gasteiger partial charge in [-0.05, 0) is 38.3 Å². The molecule has 0 bridgehead atoms. The van der Waals surface area contributed by atoms with Crippen molar-refractivity contribution >= 4 is 52.1 Å². The van der Waals surface area contributed by atoms with Crippen LogP contribution in [-0.4, -0.2) is 99.4 Å². The summed E-state index contributed by atoms with van der Waals surface area (Å²) in [4.78, 5) is 67.8. The Hall–Kier alpha value is -1.95. The Morgan fingerprint density at radius 1 is 1.06 bits per heavy atom. The smallest absolute Gasteiger partial charge is 0.545 e. The third kappa shape index (κ3) is 6.63. The van der Waals surface area contributed by atoms with E-state index in [4.69, 9.17) is 0 Å². The van der Waals surface area contributed by atoms with E-state index in [0.29, 0.717) is 49.6 Å². The second-order valence-electron chi connectivity index (χ2n) is 13.1. The van der Waals surface area contributed by atoms with Crippen LogP contribution in [0.2, 0.25) is 0 Å². The molecule has 2 aromatic rings. The van der Waals surface area contributed by atoms with E-state index in [2.05, 4.69) is 5.32 Å². The van der Waals surface area contributed by atoms with Gasteiger partial charge in [0, 0.05) is 66.4 Å². The summed E-state index contributed by atoms with van der Waals surface area (Å²) in [5, 5.41) is 36.8. The maximum Gasteiger partial charge on any atom is 1.00 e. The molecule has 2 amide bonds. The first-order chi connectivity index (χ1) is 22.4. The van der Waals surface area contributed by atoms with Crippen molar-refractivity contribution in [3.63, 3.8) is 0 Å². The second-order valence-corrected chi connectivity index (χ2v) is 14.5. The monoisotopic (exact) mass is 713 g/mol. The molecular weight excluding hydrogens is 679 g/mol. The van der Waals surface area contributed by atoms with Crippen molar-refractivity contribution in [2.75, 3.05) is 37.6 Å². The molecule has 2 N–H and O–H groups in total. The molecule has 1 aliphatic carbocycles. The number of rotatable bonds is 8. The van der Waals surface area contributed by atoms with Crippen LogP contribution in [0.25, 0.3) is 10.9 Å². The van der Waals surface area contributed by atoms with E-state index < -0.39 is 58.8 Å².